The molecule has 22 heavy (non-hydrogen) atoms. The fourth-order valence-electron chi connectivity index (χ4n) is 4.27. The Balaban J connectivity index is 2.89. The second-order valence-electron chi connectivity index (χ2n) is 7.99. The van der Waals surface area contributed by atoms with E-state index in [4.69, 9.17) is 4.43 Å². The largest absolute Gasteiger partial charge is 0.410 e. The lowest BCUT2D eigenvalue weighted by atomic mass is 10.1. The lowest BCUT2D eigenvalue weighted by molar-refractivity contribution is 0.194. The van der Waals surface area contributed by atoms with Crippen LogP contribution in [0.2, 0.25) is 16.6 Å². The molecule has 1 aliphatic rings. The highest BCUT2D eigenvalue weighted by atomic mass is 28.4. The average molecular weight is 326 g/mol. The molecule has 0 amide bonds. The third-order valence-corrected chi connectivity index (χ3v) is 11.5. The van der Waals surface area contributed by atoms with Crippen LogP contribution in [0.3, 0.4) is 0 Å². The van der Waals surface area contributed by atoms with Gasteiger partial charge in [-0.1, -0.05) is 53.7 Å². The first-order valence-corrected chi connectivity index (χ1v) is 11.5. The van der Waals surface area contributed by atoms with E-state index in [1.165, 1.54) is 38.8 Å². The Morgan fingerprint density at radius 1 is 0.955 bits per heavy atom. The van der Waals surface area contributed by atoms with Gasteiger partial charge in [-0.15, -0.1) is 0 Å². The highest BCUT2D eigenvalue weighted by Gasteiger charge is 2.46. The van der Waals surface area contributed by atoms with Crippen molar-refractivity contribution in [2.75, 3.05) is 20.1 Å². The van der Waals surface area contributed by atoms with E-state index >= 15 is 0 Å². The molecule has 0 spiro atoms. The molecule has 0 saturated heterocycles. The fraction of sp³-hybridized carbons (Fsp3) is 0.895. The van der Waals surface area contributed by atoms with Crippen LogP contribution in [-0.2, 0) is 4.43 Å². The third-order valence-electron chi connectivity index (χ3n) is 5.35. The van der Waals surface area contributed by atoms with Gasteiger partial charge in [0.05, 0.1) is 6.10 Å². The van der Waals surface area contributed by atoms with Crippen LogP contribution in [0, 0.1) is 0 Å². The van der Waals surface area contributed by atoms with Crippen LogP contribution < -0.4 is 0 Å². The number of hydrogen-bond donors (Lipinski definition) is 0. The molecule has 0 aromatic heterocycles. The fourth-order valence-corrected chi connectivity index (χ4v) is 9.80. The molecule has 1 atom stereocenters. The number of rotatable bonds is 5. The molecule has 0 aromatic rings. The molecule has 1 heterocycles. The Kier molecular flexibility index (Phi) is 8.37. The van der Waals surface area contributed by atoms with Gasteiger partial charge in [-0.25, -0.2) is 0 Å². The van der Waals surface area contributed by atoms with Crippen molar-refractivity contribution in [1.29, 1.82) is 0 Å². The molecule has 2 nitrogen and oxygen atoms in total. The lowest BCUT2D eigenvalue weighted by Crippen LogP contribution is -2.50. The minimum Gasteiger partial charge on any atom is -0.410 e. The van der Waals surface area contributed by atoms with E-state index in [0.29, 0.717) is 22.7 Å². The first-order valence-electron chi connectivity index (χ1n) is 9.33. The Labute approximate surface area is 140 Å². The zero-order valence-corrected chi connectivity index (χ0v) is 17.1. The highest BCUT2D eigenvalue weighted by molar-refractivity contribution is 6.77. The first-order chi connectivity index (χ1) is 10.3. The molecule has 0 aliphatic carbocycles. The Morgan fingerprint density at radius 2 is 1.50 bits per heavy atom. The minimum atomic E-state index is -1.76. The van der Waals surface area contributed by atoms with Gasteiger partial charge in [-0.05, 0) is 62.4 Å². The molecule has 0 fully saturated rings. The normalized spacial score (nSPS) is 24.2. The van der Waals surface area contributed by atoms with Crippen molar-refractivity contribution in [2.45, 2.75) is 90.0 Å². The first kappa shape index (κ1) is 19.9. The Bertz CT molecular complexity index is 317. The maximum Gasteiger partial charge on any atom is 0.201 e. The summed E-state index contributed by atoms with van der Waals surface area (Å²) in [6, 6.07) is 0. The van der Waals surface area contributed by atoms with Gasteiger partial charge < -0.3 is 9.33 Å². The van der Waals surface area contributed by atoms with Crippen molar-refractivity contribution in [2.24, 2.45) is 0 Å². The van der Waals surface area contributed by atoms with E-state index in [1.807, 2.05) is 0 Å². The van der Waals surface area contributed by atoms with Gasteiger partial charge in [0.15, 0.2) is 0 Å². The van der Waals surface area contributed by atoms with Crippen LogP contribution in [0.5, 0.6) is 0 Å². The molecule has 130 valence electrons. The predicted octanol–water partition coefficient (Wildman–Crippen LogP) is 5.61. The molecule has 1 rings (SSSR count). The maximum atomic E-state index is 6.96. The second-order valence-corrected chi connectivity index (χ2v) is 13.4. The molecule has 3 heteroatoms. The molecule has 0 bridgehead atoms. The molecule has 0 saturated carbocycles. The van der Waals surface area contributed by atoms with Gasteiger partial charge in [0.25, 0.3) is 0 Å². The van der Waals surface area contributed by atoms with Crippen molar-refractivity contribution in [1.82, 2.24) is 4.90 Å². The van der Waals surface area contributed by atoms with E-state index in [2.05, 4.69) is 65.6 Å². The van der Waals surface area contributed by atoms with Crippen LogP contribution >= 0.6 is 0 Å². The van der Waals surface area contributed by atoms with Crippen molar-refractivity contribution in [3.05, 3.63) is 12.2 Å². The van der Waals surface area contributed by atoms with Crippen molar-refractivity contribution in [3.8, 4) is 0 Å². The predicted molar refractivity (Wildman–Crippen MR) is 101 cm³/mol. The van der Waals surface area contributed by atoms with Crippen LogP contribution in [0.1, 0.15) is 67.2 Å². The van der Waals surface area contributed by atoms with Crippen LogP contribution in [0.4, 0.5) is 0 Å². The number of allylic oxidation sites excluding steroid dienone is 1. The van der Waals surface area contributed by atoms with E-state index in [9.17, 15) is 0 Å². The molecule has 0 N–H and O–H groups in total. The summed E-state index contributed by atoms with van der Waals surface area (Å²) >= 11 is 0. The zero-order chi connectivity index (χ0) is 16.8. The van der Waals surface area contributed by atoms with Gasteiger partial charge in [0.1, 0.15) is 0 Å². The van der Waals surface area contributed by atoms with Gasteiger partial charge in [0.2, 0.25) is 8.32 Å². The Hall–Kier alpha value is -0.123. The summed E-state index contributed by atoms with van der Waals surface area (Å²) in [5.41, 5.74) is 2.00. The minimum absolute atomic E-state index is 0.324. The van der Waals surface area contributed by atoms with Gasteiger partial charge >= 0.3 is 0 Å². The van der Waals surface area contributed by atoms with E-state index in [0.717, 1.165) is 0 Å². The topological polar surface area (TPSA) is 12.5 Å². The molecule has 0 radical (unpaired) electrons. The smallest absolute Gasteiger partial charge is 0.201 e. The second kappa shape index (κ2) is 9.24. The van der Waals surface area contributed by atoms with Gasteiger partial charge in [-0.3, -0.25) is 0 Å². The lowest BCUT2D eigenvalue weighted by Gasteiger charge is -2.44. The SMILES string of the molecule is CC(C)[Si](OC1/C=C/CCCN(C)CCC1)(C(C)C)C(C)C. The third kappa shape index (κ3) is 5.21. The summed E-state index contributed by atoms with van der Waals surface area (Å²) < 4.78 is 6.96. The van der Waals surface area contributed by atoms with E-state index in [1.54, 1.807) is 0 Å². The molecular formula is C19H39NOSi. The number of hydrogen-bond acceptors (Lipinski definition) is 2. The van der Waals surface area contributed by atoms with Crippen LogP contribution in [0.25, 0.3) is 0 Å². The summed E-state index contributed by atoms with van der Waals surface area (Å²) in [7, 11) is 0.482. The van der Waals surface area contributed by atoms with Gasteiger partial charge in [-0.2, -0.15) is 0 Å². The van der Waals surface area contributed by atoms with Crippen LogP contribution in [-0.4, -0.2) is 39.5 Å². The summed E-state index contributed by atoms with van der Waals surface area (Å²) in [6.45, 7) is 16.7. The van der Waals surface area contributed by atoms with Crippen molar-refractivity contribution < 1.29 is 4.43 Å². The summed E-state index contributed by atoms with van der Waals surface area (Å²) in [4.78, 5) is 2.47. The average Bonchev–Trinajstić information content (AvgIpc) is 2.42. The zero-order valence-electron chi connectivity index (χ0n) is 16.1. The van der Waals surface area contributed by atoms with Crippen molar-refractivity contribution in [3.63, 3.8) is 0 Å². The Morgan fingerprint density at radius 3 is 2.05 bits per heavy atom. The maximum absolute atomic E-state index is 6.96. The molecule has 0 aromatic carbocycles. The van der Waals surface area contributed by atoms with E-state index in [-0.39, 0.29) is 0 Å². The van der Waals surface area contributed by atoms with E-state index < -0.39 is 8.32 Å². The molecule has 1 unspecified atom stereocenters. The monoisotopic (exact) mass is 325 g/mol. The molecule has 1 aliphatic heterocycles. The summed E-state index contributed by atoms with van der Waals surface area (Å²) in [5.74, 6) is 0. The highest BCUT2D eigenvalue weighted by Crippen LogP contribution is 2.43. The standard InChI is InChI=1S/C19H39NOSi/c1-16(2)22(17(3)4,18(5)6)21-19-12-9-8-10-14-20(7)15-11-13-19/h9,12,16-19H,8,10-11,13-15H2,1-7H3/b12-9+. The summed E-state index contributed by atoms with van der Waals surface area (Å²) in [5, 5.41) is 0. The van der Waals surface area contributed by atoms with Crippen LogP contribution in [0.15, 0.2) is 12.2 Å². The summed E-state index contributed by atoms with van der Waals surface area (Å²) in [6.07, 6.45) is 9.92. The van der Waals surface area contributed by atoms with Crippen molar-refractivity contribution >= 4 is 8.32 Å². The quantitative estimate of drug-likeness (QED) is 0.481. The number of nitrogens with zero attached hydrogens (tertiary/aromatic N) is 1. The molecular weight excluding hydrogens is 286 g/mol. The van der Waals surface area contributed by atoms with Gasteiger partial charge in [0, 0.05) is 0 Å².